The number of nitrogens with zero attached hydrogens (tertiary/aromatic N) is 2. The number of benzene rings is 1. The van der Waals surface area contributed by atoms with Crippen molar-refractivity contribution in [3.05, 3.63) is 48.0 Å². The molecule has 0 aliphatic rings. The maximum absolute atomic E-state index is 12.6. The first-order chi connectivity index (χ1) is 9.41. The second kappa shape index (κ2) is 5.79. The van der Waals surface area contributed by atoms with Gasteiger partial charge >= 0.3 is 0 Å². The molecule has 2 aromatic rings. The van der Waals surface area contributed by atoms with E-state index in [1.807, 2.05) is 19.1 Å². The van der Waals surface area contributed by atoms with Gasteiger partial charge in [0.25, 0.3) is 10.0 Å². The molecule has 4 nitrogen and oxygen atoms in total. The van der Waals surface area contributed by atoms with Crippen LogP contribution in [0, 0.1) is 12.8 Å². The van der Waals surface area contributed by atoms with E-state index in [-0.39, 0.29) is 0 Å². The molecule has 0 aliphatic heterocycles. The van der Waals surface area contributed by atoms with E-state index in [0.29, 0.717) is 10.8 Å². The molecule has 0 N–H and O–H groups in total. The zero-order valence-electron chi connectivity index (χ0n) is 12.1. The van der Waals surface area contributed by atoms with Crippen molar-refractivity contribution in [2.75, 3.05) is 0 Å². The van der Waals surface area contributed by atoms with Crippen LogP contribution in [0.4, 0.5) is 0 Å². The van der Waals surface area contributed by atoms with Gasteiger partial charge < -0.3 is 0 Å². The Labute approximate surface area is 120 Å². The Kier molecular flexibility index (Phi) is 4.28. The minimum absolute atomic E-state index is 0.377. The summed E-state index contributed by atoms with van der Waals surface area (Å²) in [6, 6.07) is 5.50. The van der Waals surface area contributed by atoms with Gasteiger partial charge in [-0.1, -0.05) is 31.5 Å². The molecule has 0 aliphatic carbocycles. The van der Waals surface area contributed by atoms with Crippen molar-refractivity contribution in [3.8, 4) is 0 Å². The van der Waals surface area contributed by atoms with E-state index < -0.39 is 10.0 Å². The molecule has 0 saturated carbocycles. The normalized spacial score (nSPS) is 12.0. The molecule has 0 atom stereocenters. The molecule has 1 aromatic carbocycles. The van der Waals surface area contributed by atoms with Crippen LogP contribution in [0.1, 0.15) is 31.4 Å². The van der Waals surface area contributed by atoms with Crippen molar-refractivity contribution in [3.63, 3.8) is 0 Å². The fourth-order valence-corrected chi connectivity index (χ4v) is 3.45. The van der Waals surface area contributed by atoms with Gasteiger partial charge in [-0.05, 0) is 37.3 Å². The highest BCUT2D eigenvalue weighted by Gasteiger charge is 2.20. The van der Waals surface area contributed by atoms with Crippen molar-refractivity contribution in [2.45, 2.75) is 38.5 Å². The van der Waals surface area contributed by atoms with Crippen LogP contribution in [-0.2, 0) is 16.4 Å². The monoisotopic (exact) mass is 292 g/mol. The van der Waals surface area contributed by atoms with Crippen molar-refractivity contribution in [1.29, 1.82) is 0 Å². The standard InChI is InChI=1S/C15H20N2O2S/c1-12(2)4-6-14-10-13(3)5-7-15(14)20(18,19)17-9-8-16-11-17/h5,7-12H,4,6H2,1-3H3. The predicted octanol–water partition coefficient (Wildman–Crippen LogP) is 3.02. The molecule has 5 heteroatoms. The van der Waals surface area contributed by atoms with Crippen molar-refractivity contribution in [1.82, 2.24) is 8.96 Å². The van der Waals surface area contributed by atoms with E-state index in [9.17, 15) is 8.42 Å². The lowest BCUT2D eigenvalue weighted by molar-refractivity contribution is 0.572. The Morgan fingerprint density at radius 1 is 1.30 bits per heavy atom. The Bertz CT molecular complexity index is 674. The molecular formula is C15H20N2O2S. The van der Waals surface area contributed by atoms with Crippen LogP contribution in [0.2, 0.25) is 0 Å². The van der Waals surface area contributed by atoms with Crippen LogP contribution in [0.25, 0.3) is 0 Å². The first-order valence-corrected chi connectivity index (χ1v) is 8.18. The zero-order chi connectivity index (χ0) is 14.8. The summed E-state index contributed by atoms with van der Waals surface area (Å²) >= 11 is 0. The Morgan fingerprint density at radius 2 is 2.05 bits per heavy atom. The first-order valence-electron chi connectivity index (χ1n) is 6.74. The third kappa shape index (κ3) is 3.10. The third-order valence-corrected chi connectivity index (χ3v) is 4.97. The lowest BCUT2D eigenvalue weighted by Gasteiger charge is -2.13. The molecule has 2 rings (SSSR count). The molecule has 0 radical (unpaired) electrons. The molecule has 108 valence electrons. The second-order valence-electron chi connectivity index (χ2n) is 5.44. The minimum Gasteiger partial charge on any atom is -0.244 e. The summed E-state index contributed by atoms with van der Waals surface area (Å²) in [5.41, 5.74) is 1.96. The number of hydrogen-bond donors (Lipinski definition) is 0. The summed E-state index contributed by atoms with van der Waals surface area (Å²) in [6.07, 6.45) is 5.99. The number of aromatic nitrogens is 2. The van der Waals surface area contributed by atoms with E-state index >= 15 is 0 Å². The van der Waals surface area contributed by atoms with Crippen molar-refractivity contribution < 1.29 is 8.42 Å². The largest absolute Gasteiger partial charge is 0.269 e. The summed E-state index contributed by atoms with van der Waals surface area (Å²) in [4.78, 5) is 4.20. The summed E-state index contributed by atoms with van der Waals surface area (Å²) < 4.78 is 26.4. The zero-order valence-corrected chi connectivity index (χ0v) is 12.9. The van der Waals surface area contributed by atoms with Gasteiger partial charge in [0.2, 0.25) is 0 Å². The SMILES string of the molecule is Cc1ccc(S(=O)(=O)n2ccnc2)c(CCC(C)C)c1. The molecule has 0 unspecified atom stereocenters. The number of hydrogen-bond acceptors (Lipinski definition) is 3. The smallest absolute Gasteiger partial charge is 0.244 e. The van der Waals surface area contributed by atoms with E-state index in [1.54, 1.807) is 6.07 Å². The van der Waals surface area contributed by atoms with Gasteiger partial charge in [-0.3, -0.25) is 0 Å². The third-order valence-electron chi connectivity index (χ3n) is 3.24. The molecule has 0 saturated heterocycles. The summed E-state index contributed by atoms with van der Waals surface area (Å²) in [5.74, 6) is 0.541. The van der Waals surface area contributed by atoms with Gasteiger partial charge in [0.05, 0.1) is 4.90 Å². The van der Waals surface area contributed by atoms with E-state index in [1.165, 1.54) is 18.7 Å². The van der Waals surface area contributed by atoms with E-state index in [0.717, 1.165) is 27.9 Å². The summed E-state index contributed by atoms with van der Waals surface area (Å²) in [5, 5.41) is 0. The topological polar surface area (TPSA) is 52.0 Å². The average molecular weight is 292 g/mol. The van der Waals surface area contributed by atoms with E-state index in [2.05, 4.69) is 18.8 Å². The highest BCUT2D eigenvalue weighted by molar-refractivity contribution is 7.90. The number of aryl methyl sites for hydroxylation is 2. The Hall–Kier alpha value is -1.62. The summed E-state index contributed by atoms with van der Waals surface area (Å²) in [7, 11) is -3.54. The van der Waals surface area contributed by atoms with Crippen LogP contribution in [0.5, 0.6) is 0 Å². The molecular weight excluding hydrogens is 272 g/mol. The molecule has 0 spiro atoms. The van der Waals surface area contributed by atoms with Gasteiger partial charge in [-0.25, -0.2) is 17.4 Å². The Balaban J connectivity index is 2.46. The lowest BCUT2D eigenvalue weighted by Crippen LogP contribution is -2.14. The van der Waals surface area contributed by atoms with Crippen LogP contribution in [0.15, 0.2) is 41.8 Å². The van der Waals surface area contributed by atoms with Gasteiger partial charge in [0.15, 0.2) is 0 Å². The van der Waals surface area contributed by atoms with Gasteiger partial charge in [-0.15, -0.1) is 0 Å². The second-order valence-corrected chi connectivity index (χ2v) is 7.25. The maximum atomic E-state index is 12.6. The summed E-state index contributed by atoms with van der Waals surface area (Å²) in [6.45, 7) is 6.26. The van der Waals surface area contributed by atoms with Gasteiger partial charge in [0.1, 0.15) is 6.33 Å². The fraction of sp³-hybridized carbons (Fsp3) is 0.400. The molecule has 0 bridgehead atoms. The van der Waals surface area contributed by atoms with Gasteiger partial charge in [0, 0.05) is 12.4 Å². The molecule has 0 amide bonds. The van der Waals surface area contributed by atoms with Crippen LogP contribution in [0.3, 0.4) is 0 Å². The lowest BCUT2D eigenvalue weighted by atomic mass is 10.0. The van der Waals surface area contributed by atoms with Gasteiger partial charge in [-0.2, -0.15) is 0 Å². The van der Waals surface area contributed by atoms with Crippen LogP contribution >= 0.6 is 0 Å². The first kappa shape index (κ1) is 14.8. The quantitative estimate of drug-likeness (QED) is 0.851. The molecule has 0 fully saturated rings. The predicted molar refractivity (Wildman–Crippen MR) is 79.1 cm³/mol. The fourth-order valence-electron chi connectivity index (χ4n) is 2.10. The molecule has 1 aromatic heterocycles. The van der Waals surface area contributed by atoms with Crippen molar-refractivity contribution in [2.24, 2.45) is 5.92 Å². The van der Waals surface area contributed by atoms with Crippen LogP contribution < -0.4 is 0 Å². The van der Waals surface area contributed by atoms with Crippen LogP contribution in [-0.4, -0.2) is 17.4 Å². The van der Waals surface area contributed by atoms with E-state index in [4.69, 9.17) is 0 Å². The minimum atomic E-state index is -3.54. The highest BCUT2D eigenvalue weighted by atomic mass is 32.2. The number of imidazole rings is 1. The molecule has 1 heterocycles. The number of rotatable bonds is 5. The highest BCUT2D eigenvalue weighted by Crippen LogP contribution is 2.22. The Morgan fingerprint density at radius 3 is 2.65 bits per heavy atom. The maximum Gasteiger partial charge on any atom is 0.269 e. The molecule has 20 heavy (non-hydrogen) atoms. The average Bonchev–Trinajstić information content (AvgIpc) is 2.90. The van der Waals surface area contributed by atoms with Crippen molar-refractivity contribution >= 4 is 10.0 Å².